The Morgan fingerprint density at radius 2 is 1.88 bits per heavy atom. The number of anilines is 1. The number of thiocarbonyl (C=S) groups is 1. The molecule has 1 atom stereocenters. The summed E-state index contributed by atoms with van der Waals surface area (Å²) in [6, 6.07) is 7.85. The second-order valence-corrected chi connectivity index (χ2v) is 8.46. The second kappa shape index (κ2) is 8.98. The number of aryl methyl sites for hydroxylation is 1. The molecule has 0 saturated heterocycles. The minimum Gasteiger partial charge on any atom is -0.341 e. The second-order valence-electron chi connectivity index (χ2n) is 6.36. The minimum absolute atomic E-state index is 0.430. The van der Waals surface area contributed by atoms with Gasteiger partial charge < -0.3 is 5.32 Å². The summed E-state index contributed by atoms with van der Waals surface area (Å²) in [6.07, 6.45) is 3.34. The molecule has 0 spiro atoms. The van der Waals surface area contributed by atoms with Crippen molar-refractivity contribution in [3.05, 3.63) is 57.4 Å². The zero-order chi connectivity index (χ0) is 18.6. The monoisotopic (exact) mass is 391 g/mol. The molecule has 0 aliphatic rings. The van der Waals surface area contributed by atoms with Crippen molar-refractivity contribution in [1.82, 2.24) is 0 Å². The van der Waals surface area contributed by atoms with Gasteiger partial charge in [0.25, 0.3) is 0 Å². The van der Waals surface area contributed by atoms with E-state index in [0.29, 0.717) is 5.92 Å². The highest BCUT2D eigenvalue weighted by atomic mass is 35.5. The number of hydrogen-bond acceptors (Lipinski definition) is 2. The molecule has 0 aliphatic heterocycles. The highest BCUT2D eigenvalue weighted by Crippen LogP contribution is 2.39. The van der Waals surface area contributed by atoms with Crippen LogP contribution in [0, 0.1) is 19.8 Å². The van der Waals surface area contributed by atoms with E-state index in [-0.39, 0.29) is 0 Å². The third-order valence-electron chi connectivity index (χ3n) is 4.62. The summed E-state index contributed by atoms with van der Waals surface area (Å²) >= 11 is 13.5. The molecule has 1 nitrogen and oxygen atoms in total. The van der Waals surface area contributed by atoms with E-state index in [1.54, 1.807) is 11.3 Å². The van der Waals surface area contributed by atoms with Gasteiger partial charge in [-0.15, -0.1) is 11.3 Å². The van der Waals surface area contributed by atoms with Gasteiger partial charge in [-0.1, -0.05) is 62.8 Å². The van der Waals surface area contributed by atoms with Crippen molar-refractivity contribution < 1.29 is 0 Å². The average molecular weight is 392 g/mol. The van der Waals surface area contributed by atoms with Gasteiger partial charge in [0.1, 0.15) is 5.00 Å². The number of rotatable bonds is 7. The minimum atomic E-state index is 0.430. The van der Waals surface area contributed by atoms with Crippen LogP contribution in [0.2, 0.25) is 5.02 Å². The van der Waals surface area contributed by atoms with Crippen molar-refractivity contribution >= 4 is 50.7 Å². The first-order valence-corrected chi connectivity index (χ1v) is 10.3. The van der Waals surface area contributed by atoms with E-state index in [4.69, 9.17) is 23.8 Å². The van der Waals surface area contributed by atoms with Crippen molar-refractivity contribution in [3.8, 4) is 0 Å². The van der Waals surface area contributed by atoms with Crippen LogP contribution in [0.4, 0.5) is 5.00 Å². The summed E-state index contributed by atoms with van der Waals surface area (Å²) in [4.78, 5) is 2.23. The summed E-state index contributed by atoms with van der Waals surface area (Å²) in [5, 5.41) is 5.37. The van der Waals surface area contributed by atoms with Gasteiger partial charge in [-0.05, 0) is 55.5 Å². The number of hydrogen-bond donors (Lipinski definition) is 1. The molecule has 1 aromatic carbocycles. The van der Waals surface area contributed by atoms with Crippen LogP contribution < -0.4 is 5.32 Å². The van der Waals surface area contributed by atoms with Crippen molar-refractivity contribution in [2.45, 2.75) is 47.0 Å². The molecule has 1 heterocycles. The Kier molecular flexibility index (Phi) is 7.24. The van der Waals surface area contributed by atoms with E-state index in [1.807, 2.05) is 24.3 Å². The molecule has 25 heavy (non-hydrogen) atoms. The molecule has 1 aromatic heterocycles. The van der Waals surface area contributed by atoms with Crippen molar-refractivity contribution in [2.75, 3.05) is 5.32 Å². The first-order chi connectivity index (χ1) is 11.9. The standard InChI is InChI=1S/C21H26ClNS2/c1-6-8-16(7-2)20(24)23-21-19(13(3)15(5)25-21)14(4)17-9-11-18(22)12-10-17/h9-12,16H,4,6-8H2,1-3,5H3,(H,23,24). The van der Waals surface area contributed by atoms with E-state index < -0.39 is 0 Å². The molecule has 2 aromatic rings. The molecule has 134 valence electrons. The fraction of sp³-hybridized carbons (Fsp3) is 0.381. The largest absolute Gasteiger partial charge is 0.341 e. The Balaban J connectivity index is 2.34. The summed E-state index contributed by atoms with van der Waals surface area (Å²) in [5.41, 5.74) is 4.52. The van der Waals surface area contributed by atoms with Crippen LogP contribution in [0.3, 0.4) is 0 Å². The average Bonchev–Trinajstić information content (AvgIpc) is 2.86. The topological polar surface area (TPSA) is 12.0 Å². The third kappa shape index (κ3) is 4.72. The Bertz CT molecular complexity index is 759. The summed E-state index contributed by atoms with van der Waals surface area (Å²) in [6.45, 7) is 13.1. The highest BCUT2D eigenvalue weighted by molar-refractivity contribution is 7.80. The molecule has 0 radical (unpaired) electrons. The van der Waals surface area contributed by atoms with E-state index in [0.717, 1.165) is 45.4 Å². The van der Waals surface area contributed by atoms with Crippen LogP contribution in [0.25, 0.3) is 5.57 Å². The maximum atomic E-state index is 6.02. The zero-order valence-electron chi connectivity index (χ0n) is 15.4. The van der Waals surface area contributed by atoms with Gasteiger partial charge in [-0.3, -0.25) is 0 Å². The molecule has 2 rings (SSSR count). The lowest BCUT2D eigenvalue weighted by atomic mass is 9.97. The summed E-state index contributed by atoms with van der Waals surface area (Å²) < 4.78 is 0. The molecule has 0 bridgehead atoms. The SMILES string of the molecule is C=C(c1ccc(Cl)cc1)c1c(NC(=S)C(CC)CCC)sc(C)c1C. The Labute approximate surface area is 166 Å². The summed E-state index contributed by atoms with van der Waals surface area (Å²) in [5.74, 6) is 0.430. The maximum absolute atomic E-state index is 6.02. The quantitative estimate of drug-likeness (QED) is 0.486. The molecule has 1 unspecified atom stereocenters. The van der Waals surface area contributed by atoms with Gasteiger partial charge in [-0.2, -0.15) is 0 Å². The first kappa shape index (κ1) is 20.2. The van der Waals surface area contributed by atoms with Gasteiger partial charge in [-0.25, -0.2) is 0 Å². The van der Waals surface area contributed by atoms with Crippen LogP contribution in [0.5, 0.6) is 0 Å². The predicted molar refractivity (Wildman–Crippen MR) is 118 cm³/mol. The van der Waals surface area contributed by atoms with Crippen molar-refractivity contribution in [3.63, 3.8) is 0 Å². The van der Waals surface area contributed by atoms with Crippen LogP contribution in [0.15, 0.2) is 30.8 Å². The van der Waals surface area contributed by atoms with Crippen molar-refractivity contribution in [1.29, 1.82) is 0 Å². The molecular formula is C21H26ClNS2. The van der Waals surface area contributed by atoms with Gasteiger partial charge in [0, 0.05) is 21.4 Å². The molecule has 4 heteroatoms. The molecule has 0 fully saturated rings. The van der Waals surface area contributed by atoms with Crippen LogP contribution in [0.1, 0.15) is 54.7 Å². The maximum Gasteiger partial charge on any atom is 0.102 e. The Hall–Kier alpha value is -1.16. The van der Waals surface area contributed by atoms with Gasteiger partial charge in [0.2, 0.25) is 0 Å². The molecule has 0 aliphatic carbocycles. The van der Waals surface area contributed by atoms with Gasteiger partial charge >= 0.3 is 0 Å². The van der Waals surface area contributed by atoms with Crippen LogP contribution in [-0.2, 0) is 0 Å². The summed E-state index contributed by atoms with van der Waals surface area (Å²) in [7, 11) is 0. The first-order valence-electron chi connectivity index (χ1n) is 8.75. The Morgan fingerprint density at radius 1 is 1.24 bits per heavy atom. The Morgan fingerprint density at radius 3 is 2.44 bits per heavy atom. The van der Waals surface area contributed by atoms with E-state index in [1.165, 1.54) is 16.0 Å². The number of thiophene rings is 1. The van der Waals surface area contributed by atoms with E-state index >= 15 is 0 Å². The molecule has 1 N–H and O–H groups in total. The smallest absolute Gasteiger partial charge is 0.102 e. The lowest BCUT2D eigenvalue weighted by Gasteiger charge is -2.18. The zero-order valence-corrected chi connectivity index (χ0v) is 17.8. The van der Waals surface area contributed by atoms with E-state index in [2.05, 4.69) is 39.6 Å². The third-order valence-corrected chi connectivity index (χ3v) is 6.43. The molecule has 0 amide bonds. The van der Waals surface area contributed by atoms with Gasteiger partial charge in [0.05, 0.1) is 4.99 Å². The normalized spacial score (nSPS) is 12.0. The fourth-order valence-corrected chi connectivity index (χ4v) is 4.63. The number of halogens is 1. The molecular weight excluding hydrogens is 366 g/mol. The fourth-order valence-electron chi connectivity index (χ4n) is 2.96. The predicted octanol–water partition coefficient (Wildman–Crippen LogP) is 7.65. The van der Waals surface area contributed by atoms with E-state index in [9.17, 15) is 0 Å². The number of benzene rings is 1. The lowest BCUT2D eigenvalue weighted by Crippen LogP contribution is -2.20. The van der Waals surface area contributed by atoms with Gasteiger partial charge in [0.15, 0.2) is 0 Å². The lowest BCUT2D eigenvalue weighted by molar-refractivity contribution is 0.600. The number of nitrogens with one attached hydrogen (secondary N) is 1. The van der Waals surface area contributed by atoms with Crippen LogP contribution in [-0.4, -0.2) is 4.99 Å². The highest BCUT2D eigenvalue weighted by Gasteiger charge is 2.19. The van der Waals surface area contributed by atoms with Crippen LogP contribution >= 0.6 is 35.2 Å². The van der Waals surface area contributed by atoms with Crippen molar-refractivity contribution in [2.24, 2.45) is 5.92 Å². The molecule has 0 saturated carbocycles.